The maximum absolute atomic E-state index is 11.5. The Morgan fingerprint density at radius 1 is 1.00 bits per heavy atom. The predicted molar refractivity (Wildman–Crippen MR) is 126 cm³/mol. The molecule has 0 bridgehead atoms. The maximum atomic E-state index is 11.5. The molecule has 30 heavy (non-hydrogen) atoms. The SMILES string of the molecule is CCCC.Cc1cccc(N2CCN(Oc3ccc4ccc(=O)[nH]c4c3)CC2)c1Cl. The molecule has 1 aliphatic rings. The van der Waals surface area contributed by atoms with E-state index in [1.54, 1.807) is 0 Å². The highest BCUT2D eigenvalue weighted by molar-refractivity contribution is 6.34. The summed E-state index contributed by atoms with van der Waals surface area (Å²) in [5, 5.41) is 3.75. The molecule has 4 rings (SSSR count). The zero-order valence-corrected chi connectivity index (χ0v) is 18.7. The van der Waals surface area contributed by atoms with E-state index < -0.39 is 0 Å². The lowest BCUT2D eigenvalue weighted by Crippen LogP contribution is -2.47. The van der Waals surface area contributed by atoms with E-state index in [0.717, 1.165) is 59.1 Å². The first-order valence-corrected chi connectivity index (χ1v) is 11.0. The molecule has 3 aromatic rings. The molecule has 160 valence electrons. The highest BCUT2D eigenvalue weighted by Crippen LogP contribution is 2.29. The highest BCUT2D eigenvalue weighted by Gasteiger charge is 2.20. The molecule has 1 aromatic heterocycles. The first kappa shape index (κ1) is 22.2. The van der Waals surface area contributed by atoms with Gasteiger partial charge in [-0.05, 0) is 42.1 Å². The molecule has 5 nitrogen and oxygen atoms in total. The standard InChI is InChI=1S/C20H20ClN3O2.C4H10/c1-14-3-2-4-18(20(14)21)23-9-11-24(12-10-23)26-16-7-5-15-6-8-19(25)22-17(15)13-16;1-3-4-2/h2-8,13H,9-12H2,1H3,(H,22,25);3-4H2,1-2H3. The van der Waals surface area contributed by atoms with Gasteiger partial charge >= 0.3 is 0 Å². The summed E-state index contributed by atoms with van der Waals surface area (Å²) in [6, 6.07) is 15.2. The number of rotatable bonds is 4. The second-order valence-electron chi connectivity index (χ2n) is 7.49. The molecule has 2 aromatic carbocycles. The van der Waals surface area contributed by atoms with Crippen molar-refractivity contribution in [1.82, 2.24) is 10.0 Å². The van der Waals surface area contributed by atoms with Gasteiger partial charge in [0.15, 0.2) is 0 Å². The van der Waals surface area contributed by atoms with Gasteiger partial charge < -0.3 is 14.7 Å². The van der Waals surface area contributed by atoms with Gasteiger partial charge in [0.05, 0.1) is 29.3 Å². The van der Waals surface area contributed by atoms with Crippen LogP contribution >= 0.6 is 11.6 Å². The van der Waals surface area contributed by atoms with Crippen LogP contribution in [0.25, 0.3) is 10.9 Å². The van der Waals surface area contributed by atoms with Crippen LogP contribution in [-0.2, 0) is 0 Å². The van der Waals surface area contributed by atoms with Crippen molar-refractivity contribution in [3.8, 4) is 5.75 Å². The van der Waals surface area contributed by atoms with Gasteiger partial charge in [-0.2, -0.15) is 0 Å². The third-order valence-electron chi connectivity index (χ3n) is 5.18. The van der Waals surface area contributed by atoms with Crippen LogP contribution in [-0.4, -0.2) is 36.2 Å². The Morgan fingerprint density at radius 3 is 2.40 bits per heavy atom. The van der Waals surface area contributed by atoms with E-state index in [2.05, 4.69) is 29.8 Å². The number of aromatic amines is 1. The lowest BCUT2D eigenvalue weighted by atomic mass is 10.2. The van der Waals surface area contributed by atoms with E-state index in [-0.39, 0.29) is 5.56 Å². The highest BCUT2D eigenvalue weighted by atomic mass is 35.5. The van der Waals surface area contributed by atoms with Crippen molar-refractivity contribution in [3.05, 3.63) is 69.5 Å². The number of nitrogens with one attached hydrogen (secondary N) is 1. The first-order valence-electron chi connectivity index (χ1n) is 10.6. The van der Waals surface area contributed by atoms with Crippen molar-refractivity contribution < 1.29 is 4.84 Å². The number of aromatic nitrogens is 1. The second-order valence-corrected chi connectivity index (χ2v) is 7.86. The van der Waals surface area contributed by atoms with Crippen molar-refractivity contribution in [2.75, 3.05) is 31.1 Å². The molecule has 0 unspecified atom stereocenters. The number of anilines is 1. The van der Waals surface area contributed by atoms with Crippen LogP contribution < -0.4 is 15.3 Å². The molecule has 0 saturated carbocycles. The third-order valence-corrected chi connectivity index (χ3v) is 5.67. The molecule has 2 heterocycles. The van der Waals surface area contributed by atoms with Gasteiger partial charge in [0.1, 0.15) is 5.75 Å². The summed E-state index contributed by atoms with van der Waals surface area (Å²) in [6.45, 7) is 9.61. The number of pyridine rings is 1. The summed E-state index contributed by atoms with van der Waals surface area (Å²) < 4.78 is 0. The molecular weight excluding hydrogens is 398 g/mol. The number of benzene rings is 2. The Morgan fingerprint density at radius 2 is 1.70 bits per heavy atom. The number of halogens is 1. The Labute approximate surface area is 183 Å². The van der Waals surface area contributed by atoms with Crippen LogP contribution in [0, 0.1) is 6.92 Å². The molecule has 1 saturated heterocycles. The van der Waals surface area contributed by atoms with Crippen molar-refractivity contribution in [1.29, 1.82) is 0 Å². The lowest BCUT2D eigenvalue weighted by molar-refractivity contribution is -0.0618. The number of fused-ring (bicyclic) bond motifs is 1. The summed E-state index contributed by atoms with van der Waals surface area (Å²) in [5.74, 6) is 0.724. The van der Waals surface area contributed by atoms with Crippen molar-refractivity contribution in [3.63, 3.8) is 0 Å². The van der Waals surface area contributed by atoms with Gasteiger partial charge in [0.2, 0.25) is 5.56 Å². The normalized spacial score (nSPS) is 14.3. The van der Waals surface area contributed by atoms with Crippen molar-refractivity contribution >= 4 is 28.2 Å². The number of unbranched alkanes of at least 4 members (excludes halogenated alkanes) is 1. The summed E-state index contributed by atoms with van der Waals surface area (Å²) >= 11 is 6.45. The van der Waals surface area contributed by atoms with Crippen LogP contribution in [0.2, 0.25) is 5.02 Å². The lowest BCUT2D eigenvalue weighted by Gasteiger charge is -2.35. The quantitative estimate of drug-likeness (QED) is 0.604. The molecule has 0 aliphatic carbocycles. The van der Waals surface area contributed by atoms with E-state index >= 15 is 0 Å². The zero-order valence-electron chi connectivity index (χ0n) is 18.0. The molecule has 0 spiro atoms. The fourth-order valence-corrected chi connectivity index (χ4v) is 3.48. The molecule has 0 radical (unpaired) electrons. The predicted octanol–water partition coefficient (Wildman–Crippen LogP) is 5.41. The molecular formula is C24H30ClN3O2. The van der Waals surface area contributed by atoms with E-state index in [9.17, 15) is 4.79 Å². The van der Waals surface area contributed by atoms with Crippen LogP contribution in [0.3, 0.4) is 0 Å². The minimum Gasteiger partial charge on any atom is -0.406 e. The number of hydrogen-bond acceptors (Lipinski definition) is 4. The van der Waals surface area contributed by atoms with Crippen molar-refractivity contribution in [2.45, 2.75) is 33.6 Å². The topological polar surface area (TPSA) is 48.6 Å². The van der Waals surface area contributed by atoms with Crippen LogP contribution in [0.1, 0.15) is 32.3 Å². The smallest absolute Gasteiger partial charge is 0.248 e. The fourth-order valence-electron chi connectivity index (χ4n) is 3.23. The van der Waals surface area contributed by atoms with Gasteiger partial charge in [-0.15, -0.1) is 5.06 Å². The Hall–Kier alpha value is -2.50. The molecule has 0 atom stereocenters. The number of aryl methyl sites for hydroxylation is 1. The van der Waals surface area contributed by atoms with Gasteiger partial charge in [0, 0.05) is 25.2 Å². The fraction of sp³-hybridized carbons (Fsp3) is 0.375. The summed E-state index contributed by atoms with van der Waals surface area (Å²) in [7, 11) is 0. The van der Waals surface area contributed by atoms with Crippen molar-refractivity contribution in [2.24, 2.45) is 0 Å². The Kier molecular flexibility index (Phi) is 7.77. The second kappa shape index (κ2) is 10.5. The number of nitrogens with zero attached hydrogens (tertiary/aromatic N) is 2. The van der Waals surface area contributed by atoms with Gasteiger partial charge in [-0.3, -0.25) is 4.79 Å². The number of hydroxylamine groups is 2. The largest absolute Gasteiger partial charge is 0.406 e. The third kappa shape index (κ3) is 5.55. The van der Waals surface area contributed by atoms with E-state index in [1.165, 1.54) is 18.9 Å². The summed E-state index contributed by atoms with van der Waals surface area (Å²) in [5.41, 5.74) is 2.83. The molecule has 1 N–H and O–H groups in total. The van der Waals surface area contributed by atoms with Crippen LogP contribution in [0.4, 0.5) is 5.69 Å². The Balaban J connectivity index is 0.000000589. The average molecular weight is 428 g/mol. The minimum absolute atomic E-state index is 0.113. The van der Waals surface area contributed by atoms with Crippen LogP contribution in [0.5, 0.6) is 5.75 Å². The summed E-state index contributed by atoms with van der Waals surface area (Å²) in [6.07, 6.45) is 2.64. The first-order chi connectivity index (χ1) is 14.5. The van der Waals surface area contributed by atoms with Crippen LogP contribution in [0.15, 0.2) is 53.3 Å². The van der Waals surface area contributed by atoms with Gasteiger partial charge in [-0.25, -0.2) is 0 Å². The van der Waals surface area contributed by atoms with E-state index in [4.69, 9.17) is 16.4 Å². The van der Waals surface area contributed by atoms with E-state index in [1.807, 2.05) is 48.4 Å². The van der Waals surface area contributed by atoms with Gasteiger partial charge in [-0.1, -0.05) is 50.4 Å². The monoisotopic (exact) mass is 427 g/mol. The molecule has 1 fully saturated rings. The maximum Gasteiger partial charge on any atom is 0.248 e. The Bertz CT molecular complexity index is 1020. The van der Waals surface area contributed by atoms with E-state index in [0.29, 0.717) is 0 Å². The minimum atomic E-state index is -0.113. The zero-order chi connectivity index (χ0) is 21.5. The van der Waals surface area contributed by atoms with Gasteiger partial charge in [0.25, 0.3) is 0 Å². The number of piperazine rings is 1. The summed E-state index contributed by atoms with van der Waals surface area (Å²) in [4.78, 5) is 22.6. The molecule has 1 aliphatic heterocycles. The molecule has 0 amide bonds. The number of H-pyrrole nitrogens is 1. The number of hydrogen-bond donors (Lipinski definition) is 1. The molecule has 6 heteroatoms. The average Bonchev–Trinajstić information content (AvgIpc) is 2.76.